The van der Waals surface area contributed by atoms with Crippen LogP contribution in [0.5, 0.6) is 0 Å². The van der Waals surface area contributed by atoms with Crippen LogP contribution in [0.25, 0.3) is 11.0 Å². The van der Waals surface area contributed by atoms with Crippen molar-refractivity contribution in [3.05, 3.63) is 24.0 Å². The van der Waals surface area contributed by atoms with Crippen LogP contribution in [0.1, 0.15) is 24.8 Å². The second-order valence-corrected chi connectivity index (χ2v) is 4.91. The van der Waals surface area contributed by atoms with Crippen LogP contribution in [0.3, 0.4) is 0 Å². The molecule has 2 atom stereocenters. The Morgan fingerprint density at radius 1 is 1.39 bits per heavy atom. The molecule has 3 rings (SSSR count). The van der Waals surface area contributed by atoms with Crippen molar-refractivity contribution in [2.75, 3.05) is 0 Å². The van der Waals surface area contributed by atoms with Gasteiger partial charge in [0.15, 0.2) is 0 Å². The number of halogens is 3. The number of nitrogens with zero attached hydrogens (tertiary/aromatic N) is 3. The molecule has 0 saturated heterocycles. The molecule has 96 valence electrons. The molecule has 1 aliphatic rings. The Kier molecular flexibility index (Phi) is 2.36. The summed E-state index contributed by atoms with van der Waals surface area (Å²) in [7, 11) is 0. The molecular weight excluding hydrogens is 243 g/mol. The molecule has 0 amide bonds. The van der Waals surface area contributed by atoms with E-state index >= 15 is 0 Å². The van der Waals surface area contributed by atoms with Crippen LogP contribution in [0.15, 0.2) is 18.5 Å². The molecule has 2 aromatic rings. The molecule has 1 aliphatic carbocycles. The molecule has 6 heteroatoms. The summed E-state index contributed by atoms with van der Waals surface area (Å²) in [6, 6.07) is 1.79. The normalized spacial score (nSPS) is 23.6. The quantitative estimate of drug-likeness (QED) is 0.825. The summed E-state index contributed by atoms with van der Waals surface area (Å²) in [6.45, 7) is 1.06. The number of aromatic nitrogens is 3. The van der Waals surface area contributed by atoms with Crippen LogP contribution in [0.4, 0.5) is 13.2 Å². The number of rotatable bonds is 2. The standard InChI is InChI=1S/C12H12F3N3/c1-7-2-9(7)8-3-11-10(16-4-8)5-17-18(11)6-12(13,14)15/h3-5,7,9H,2,6H2,1H3/t7-,9-/m0/s1. The summed E-state index contributed by atoms with van der Waals surface area (Å²) in [6.07, 6.45) is -0.0558. The van der Waals surface area contributed by atoms with Gasteiger partial charge in [-0.1, -0.05) is 6.92 Å². The summed E-state index contributed by atoms with van der Waals surface area (Å²) in [5.41, 5.74) is 1.99. The molecule has 0 aliphatic heterocycles. The zero-order valence-corrected chi connectivity index (χ0v) is 9.78. The summed E-state index contributed by atoms with van der Waals surface area (Å²) >= 11 is 0. The number of alkyl halides is 3. The van der Waals surface area contributed by atoms with Gasteiger partial charge in [0.1, 0.15) is 12.1 Å². The van der Waals surface area contributed by atoms with E-state index < -0.39 is 12.7 Å². The third-order valence-electron chi connectivity index (χ3n) is 3.38. The highest BCUT2D eigenvalue weighted by Crippen LogP contribution is 2.47. The maximum Gasteiger partial charge on any atom is 0.408 e. The fourth-order valence-electron chi connectivity index (χ4n) is 2.26. The van der Waals surface area contributed by atoms with Gasteiger partial charge in [0.25, 0.3) is 0 Å². The van der Waals surface area contributed by atoms with Crippen molar-refractivity contribution in [2.45, 2.75) is 32.0 Å². The molecule has 1 fully saturated rings. The number of pyridine rings is 1. The lowest BCUT2D eigenvalue weighted by molar-refractivity contribution is -0.141. The zero-order chi connectivity index (χ0) is 12.9. The Balaban J connectivity index is 2.00. The Labute approximate surface area is 102 Å². The van der Waals surface area contributed by atoms with Crippen LogP contribution in [-0.2, 0) is 6.54 Å². The molecular formula is C12H12F3N3. The van der Waals surface area contributed by atoms with E-state index in [1.54, 1.807) is 12.3 Å². The predicted octanol–water partition coefficient (Wildman–Crippen LogP) is 3.12. The zero-order valence-electron chi connectivity index (χ0n) is 9.78. The first kappa shape index (κ1) is 11.5. The van der Waals surface area contributed by atoms with E-state index in [9.17, 15) is 13.2 Å². The van der Waals surface area contributed by atoms with E-state index in [1.807, 2.05) is 0 Å². The summed E-state index contributed by atoms with van der Waals surface area (Å²) in [4.78, 5) is 4.18. The molecule has 0 N–H and O–H groups in total. The van der Waals surface area contributed by atoms with Crippen molar-refractivity contribution in [3.63, 3.8) is 0 Å². The van der Waals surface area contributed by atoms with Gasteiger partial charge < -0.3 is 0 Å². The number of hydrogen-bond donors (Lipinski definition) is 0. The van der Waals surface area contributed by atoms with Crippen LogP contribution < -0.4 is 0 Å². The third-order valence-corrected chi connectivity index (χ3v) is 3.38. The van der Waals surface area contributed by atoms with Crippen molar-refractivity contribution in [3.8, 4) is 0 Å². The minimum Gasteiger partial charge on any atom is -0.254 e. The Morgan fingerprint density at radius 3 is 2.72 bits per heavy atom. The topological polar surface area (TPSA) is 30.7 Å². The molecule has 0 spiro atoms. The van der Waals surface area contributed by atoms with Crippen LogP contribution in [0, 0.1) is 5.92 Å². The van der Waals surface area contributed by atoms with Gasteiger partial charge in [-0.2, -0.15) is 18.3 Å². The van der Waals surface area contributed by atoms with Crippen molar-refractivity contribution >= 4 is 11.0 Å². The summed E-state index contributed by atoms with van der Waals surface area (Å²) in [5, 5.41) is 3.75. The van der Waals surface area contributed by atoms with Crippen molar-refractivity contribution < 1.29 is 13.2 Å². The van der Waals surface area contributed by atoms with Crippen LogP contribution in [-0.4, -0.2) is 20.9 Å². The maximum absolute atomic E-state index is 12.4. The highest BCUT2D eigenvalue weighted by atomic mass is 19.4. The van der Waals surface area contributed by atoms with Gasteiger partial charge >= 0.3 is 6.18 Å². The first-order valence-electron chi connectivity index (χ1n) is 5.82. The smallest absolute Gasteiger partial charge is 0.254 e. The van der Waals surface area contributed by atoms with Gasteiger partial charge in [0, 0.05) is 6.20 Å². The highest BCUT2D eigenvalue weighted by molar-refractivity contribution is 5.74. The van der Waals surface area contributed by atoms with Gasteiger partial charge in [-0.3, -0.25) is 9.67 Å². The largest absolute Gasteiger partial charge is 0.408 e. The SMILES string of the molecule is C[C@H]1C[C@@H]1c1cnc2cnn(CC(F)(F)F)c2c1. The lowest BCUT2D eigenvalue weighted by atomic mass is 10.1. The Hall–Kier alpha value is -1.59. The van der Waals surface area contributed by atoms with E-state index in [-0.39, 0.29) is 0 Å². The summed E-state index contributed by atoms with van der Waals surface area (Å²) < 4.78 is 38.2. The molecule has 2 aromatic heterocycles. The molecule has 0 radical (unpaired) electrons. The van der Waals surface area contributed by atoms with Crippen molar-refractivity contribution in [2.24, 2.45) is 5.92 Å². The first-order chi connectivity index (χ1) is 8.44. The number of fused-ring (bicyclic) bond motifs is 1. The average molecular weight is 255 g/mol. The van der Waals surface area contributed by atoms with Gasteiger partial charge in [-0.05, 0) is 29.9 Å². The van der Waals surface area contributed by atoms with Gasteiger partial charge in [0.2, 0.25) is 0 Å². The second-order valence-electron chi connectivity index (χ2n) is 4.91. The lowest BCUT2D eigenvalue weighted by Gasteiger charge is -2.07. The summed E-state index contributed by atoms with van der Waals surface area (Å²) in [5.74, 6) is 1.04. The second kappa shape index (κ2) is 3.70. The minimum absolute atomic E-state index is 0.441. The minimum atomic E-state index is -4.26. The van der Waals surface area contributed by atoms with Gasteiger partial charge in [-0.25, -0.2) is 0 Å². The van der Waals surface area contributed by atoms with Gasteiger partial charge in [-0.15, -0.1) is 0 Å². The lowest BCUT2D eigenvalue weighted by Crippen LogP contribution is -2.18. The van der Waals surface area contributed by atoms with Gasteiger partial charge in [0.05, 0.1) is 11.7 Å². The van der Waals surface area contributed by atoms with Crippen LogP contribution >= 0.6 is 0 Å². The van der Waals surface area contributed by atoms with E-state index in [0.717, 1.165) is 16.7 Å². The van der Waals surface area contributed by atoms with E-state index in [1.165, 1.54) is 6.20 Å². The molecule has 2 heterocycles. The molecule has 0 bridgehead atoms. The maximum atomic E-state index is 12.4. The third kappa shape index (κ3) is 2.07. The predicted molar refractivity (Wildman–Crippen MR) is 60.1 cm³/mol. The number of hydrogen-bond acceptors (Lipinski definition) is 2. The van der Waals surface area contributed by atoms with Crippen molar-refractivity contribution in [1.82, 2.24) is 14.8 Å². The highest BCUT2D eigenvalue weighted by Gasteiger charge is 2.35. The van der Waals surface area contributed by atoms with E-state index in [2.05, 4.69) is 17.0 Å². The van der Waals surface area contributed by atoms with Crippen molar-refractivity contribution in [1.29, 1.82) is 0 Å². The Morgan fingerprint density at radius 2 is 2.11 bits per heavy atom. The van der Waals surface area contributed by atoms with Crippen LogP contribution in [0.2, 0.25) is 0 Å². The molecule has 3 nitrogen and oxygen atoms in total. The monoisotopic (exact) mass is 255 g/mol. The average Bonchev–Trinajstić information content (AvgIpc) is 2.88. The molecule has 0 unspecified atom stereocenters. The molecule has 0 aromatic carbocycles. The van der Waals surface area contributed by atoms with E-state index in [4.69, 9.17) is 0 Å². The fraction of sp³-hybridized carbons (Fsp3) is 0.500. The van der Waals surface area contributed by atoms with E-state index in [0.29, 0.717) is 22.9 Å². The first-order valence-corrected chi connectivity index (χ1v) is 5.82. The molecule has 1 saturated carbocycles. The Bertz CT molecular complexity index is 588. The molecule has 18 heavy (non-hydrogen) atoms. The fourth-order valence-corrected chi connectivity index (χ4v) is 2.26.